The largest absolute Gasteiger partial charge is 0.497 e. The van der Waals surface area contributed by atoms with Crippen LogP contribution in [0.25, 0.3) is 0 Å². The molecule has 1 aromatic heterocycles. The number of aromatic nitrogens is 2. The number of aryl methyl sites for hydroxylation is 2. The van der Waals surface area contributed by atoms with Gasteiger partial charge in [0.15, 0.2) is 6.61 Å². The number of methoxy groups -OCH3 is 1. The predicted octanol–water partition coefficient (Wildman–Crippen LogP) is 3.42. The van der Waals surface area contributed by atoms with E-state index in [0.29, 0.717) is 32.1 Å². The molecule has 0 N–H and O–H groups in total. The Hall–Kier alpha value is -3.32. The lowest BCUT2D eigenvalue weighted by Crippen LogP contribution is -2.39. The Balaban J connectivity index is 1.35. The minimum atomic E-state index is -0.0397. The molecule has 3 aromatic rings. The molecule has 4 rings (SSSR count). The van der Waals surface area contributed by atoms with E-state index in [2.05, 4.69) is 24.2 Å². The summed E-state index contributed by atoms with van der Waals surface area (Å²) >= 11 is 0. The van der Waals surface area contributed by atoms with Crippen LogP contribution in [-0.4, -0.2) is 40.8 Å². The number of carbonyl (C=O) groups is 1. The third-order valence-electron chi connectivity index (χ3n) is 5.86. The van der Waals surface area contributed by atoms with Crippen molar-refractivity contribution in [1.82, 2.24) is 14.7 Å². The Bertz CT molecular complexity index is 1080. The van der Waals surface area contributed by atoms with Crippen LogP contribution >= 0.6 is 0 Å². The van der Waals surface area contributed by atoms with Crippen molar-refractivity contribution in [2.75, 3.05) is 20.3 Å². The molecule has 0 spiro atoms. The summed E-state index contributed by atoms with van der Waals surface area (Å²) in [7, 11) is 3.57. The fraction of sp³-hybridized carbons (Fsp3) is 0.360. The highest BCUT2D eigenvalue weighted by molar-refractivity contribution is 5.78. The van der Waals surface area contributed by atoms with Crippen molar-refractivity contribution < 1.29 is 19.0 Å². The second kappa shape index (κ2) is 9.87. The maximum absolute atomic E-state index is 12.8. The Morgan fingerprint density at radius 3 is 2.56 bits per heavy atom. The topological polar surface area (TPSA) is 65.8 Å². The maximum Gasteiger partial charge on any atom is 0.260 e. The van der Waals surface area contributed by atoms with Gasteiger partial charge in [-0.2, -0.15) is 5.10 Å². The van der Waals surface area contributed by atoms with Crippen molar-refractivity contribution in [2.45, 2.75) is 33.1 Å². The molecule has 2 heterocycles. The highest BCUT2D eigenvalue weighted by atomic mass is 16.5. The van der Waals surface area contributed by atoms with Crippen LogP contribution in [0.4, 0.5) is 0 Å². The summed E-state index contributed by atoms with van der Waals surface area (Å²) < 4.78 is 18.7. The van der Waals surface area contributed by atoms with E-state index >= 15 is 0 Å². The molecule has 2 aromatic carbocycles. The lowest BCUT2D eigenvalue weighted by atomic mass is 10.1. The highest BCUT2D eigenvalue weighted by Crippen LogP contribution is 2.24. The van der Waals surface area contributed by atoms with Gasteiger partial charge >= 0.3 is 0 Å². The van der Waals surface area contributed by atoms with E-state index in [1.165, 1.54) is 16.8 Å². The number of benzene rings is 2. The van der Waals surface area contributed by atoms with E-state index in [0.717, 1.165) is 23.4 Å². The van der Waals surface area contributed by atoms with E-state index in [1.807, 2.05) is 40.9 Å². The second-order valence-corrected chi connectivity index (χ2v) is 7.94. The van der Waals surface area contributed by atoms with Gasteiger partial charge in [0.1, 0.15) is 11.5 Å². The predicted molar refractivity (Wildman–Crippen MR) is 120 cm³/mol. The summed E-state index contributed by atoms with van der Waals surface area (Å²) in [5, 5.41) is 4.66. The van der Waals surface area contributed by atoms with E-state index in [4.69, 9.17) is 14.2 Å². The number of rotatable bonds is 8. The Morgan fingerprint density at radius 1 is 1.06 bits per heavy atom. The molecule has 1 aliphatic rings. The zero-order chi connectivity index (χ0) is 22.5. The van der Waals surface area contributed by atoms with E-state index in [1.54, 1.807) is 19.2 Å². The molecule has 0 bridgehead atoms. The van der Waals surface area contributed by atoms with E-state index in [9.17, 15) is 4.79 Å². The molecule has 7 heteroatoms. The lowest BCUT2D eigenvalue weighted by molar-refractivity contribution is -0.134. The molecule has 0 saturated heterocycles. The van der Waals surface area contributed by atoms with Crippen LogP contribution in [0.1, 0.15) is 28.1 Å². The van der Waals surface area contributed by atoms with Gasteiger partial charge in [-0.1, -0.05) is 24.3 Å². The molecule has 0 radical (unpaired) electrons. The molecular formula is C25H29N3O4. The summed E-state index contributed by atoms with van der Waals surface area (Å²) in [4.78, 5) is 14.6. The van der Waals surface area contributed by atoms with Gasteiger partial charge < -0.3 is 19.1 Å². The van der Waals surface area contributed by atoms with Crippen LogP contribution in [0.15, 0.2) is 48.5 Å². The van der Waals surface area contributed by atoms with Gasteiger partial charge in [-0.15, -0.1) is 0 Å². The first-order chi connectivity index (χ1) is 15.5. The Morgan fingerprint density at radius 2 is 1.81 bits per heavy atom. The van der Waals surface area contributed by atoms with Crippen molar-refractivity contribution in [3.63, 3.8) is 0 Å². The first-order valence-corrected chi connectivity index (χ1v) is 10.8. The molecule has 1 aliphatic heterocycles. The molecule has 0 atom stereocenters. The number of hydrogen-bond donors (Lipinski definition) is 0. The summed E-state index contributed by atoms with van der Waals surface area (Å²) in [5.74, 6) is 1.35. The average Bonchev–Trinajstić information content (AvgIpc) is 3.14. The molecule has 0 unspecified atom stereocenters. The van der Waals surface area contributed by atoms with E-state index in [-0.39, 0.29) is 12.5 Å². The molecule has 0 fully saturated rings. The normalized spacial score (nSPS) is 13.0. The maximum atomic E-state index is 12.8. The third kappa shape index (κ3) is 4.94. The fourth-order valence-electron chi connectivity index (χ4n) is 3.94. The molecule has 1 amide bonds. The van der Waals surface area contributed by atoms with Gasteiger partial charge in [0.05, 0.1) is 26.0 Å². The minimum absolute atomic E-state index is 0.00103. The lowest BCUT2D eigenvalue weighted by Gasteiger charge is -2.27. The second-order valence-electron chi connectivity index (χ2n) is 7.94. The molecule has 168 valence electrons. The van der Waals surface area contributed by atoms with Gasteiger partial charge in [-0.3, -0.25) is 9.48 Å². The van der Waals surface area contributed by atoms with Gasteiger partial charge in [-0.25, -0.2) is 0 Å². The average molecular weight is 436 g/mol. The molecule has 0 saturated carbocycles. The molecule has 0 aliphatic carbocycles. The number of fused-ring (bicyclic) bond motifs is 1. The summed E-state index contributed by atoms with van der Waals surface area (Å²) in [6.45, 7) is 4.22. The van der Waals surface area contributed by atoms with Crippen molar-refractivity contribution in [1.29, 1.82) is 0 Å². The monoisotopic (exact) mass is 435 g/mol. The SMILES string of the molecule is COc1ccc(OCC(=O)N2CCc3c(c(COCc4ccccc4C)nn3C)C2)cc1. The van der Waals surface area contributed by atoms with Gasteiger partial charge in [0.25, 0.3) is 5.91 Å². The van der Waals surface area contributed by atoms with Crippen LogP contribution in [0.3, 0.4) is 0 Å². The van der Waals surface area contributed by atoms with Gasteiger partial charge in [0, 0.05) is 37.8 Å². The summed E-state index contributed by atoms with van der Waals surface area (Å²) in [6, 6.07) is 15.4. The van der Waals surface area contributed by atoms with Crippen LogP contribution in [-0.2, 0) is 42.8 Å². The molecule has 7 nitrogen and oxygen atoms in total. The quantitative estimate of drug-likeness (QED) is 0.543. The highest BCUT2D eigenvalue weighted by Gasteiger charge is 2.27. The van der Waals surface area contributed by atoms with Crippen molar-refractivity contribution >= 4 is 5.91 Å². The number of hydrogen-bond acceptors (Lipinski definition) is 5. The van der Waals surface area contributed by atoms with Crippen molar-refractivity contribution in [3.8, 4) is 11.5 Å². The minimum Gasteiger partial charge on any atom is -0.497 e. The Kier molecular flexibility index (Phi) is 6.75. The summed E-state index contributed by atoms with van der Waals surface area (Å²) in [5.41, 5.74) is 5.53. The van der Waals surface area contributed by atoms with Gasteiger partial charge in [0.2, 0.25) is 0 Å². The number of carbonyl (C=O) groups excluding carboxylic acids is 1. The third-order valence-corrected chi connectivity index (χ3v) is 5.86. The van der Waals surface area contributed by atoms with Gasteiger partial charge in [-0.05, 0) is 42.3 Å². The van der Waals surface area contributed by atoms with Crippen LogP contribution in [0.2, 0.25) is 0 Å². The Labute approximate surface area is 188 Å². The smallest absolute Gasteiger partial charge is 0.260 e. The zero-order valence-corrected chi connectivity index (χ0v) is 18.8. The van der Waals surface area contributed by atoms with Crippen LogP contribution in [0.5, 0.6) is 11.5 Å². The standard InChI is InChI=1S/C25H29N3O4/c1-18-6-4-5-7-19(18)15-31-16-23-22-14-28(13-12-24(22)27(2)26-23)25(29)17-32-21-10-8-20(30-3)9-11-21/h4-11H,12-17H2,1-3H3. The number of amides is 1. The van der Waals surface area contributed by atoms with Crippen LogP contribution < -0.4 is 9.47 Å². The van der Waals surface area contributed by atoms with Crippen molar-refractivity contribution in [2.24, 2.45) is 7.05 Å². The van der Waals surface area contributed by atoms with E-state index < -0.39 is 0 Å². The number of nitrogens with zero attached hydrogens (tertiary/aromatic N) is 3. The first kappa shape index (κ1) is 21.9. The molecule has 32 heavy (non-hydrogen) atoms. The van der Waals surface area contributed by atoms with Crippen LogP contribution in [0, 0.1) is 6.92 Å². The fourth-order valence-corrected chi connectivity index (χ4v) is 3.94. The zero-order valence-electron chi connectivity index (χ0n) is 18.8. The van der Waals surface area contributed by atoms with Crippen molar-refractivity contribution in [3.05, 3.63) is 76.6 Å². The first-order valence-electron chi connectivity index (χ1n) is 10.8. The number of ether oxygens (including phenoxy) is 3. The molecular weight excluding hydrogens is 406 g/mol. The summed E-state index contributed by atoms with van der Waals surface area (Å²) in [6.07, 6.45) is 0.769.